The largest absolute Gasteiger partial charge is 0.404 e. The maximum Gasteiger partial charge on any atom is 0.404 e. The molecule has 5 rings (SSSR count). The molecule has 0 amide bonds. The Labute approximate surface area is 228 Å². The van der Waals surface area contributed by atoms with Gasteiger partial charge in [0.25, 0.3) is 0 Å². The lowest BCUT2D eigenvalue weighted by molar-refractivity contribution is -0.107. The van der Waals surface area contributed by atoms with Gasteiger partial charge in [0.05, 0.1) is 11.2 Å². The number of fused-ring (bicyclic) bond motifs is 1. The van der Waals surface area contributed by atoms with Crippen molar-refractivity contribution in [1.29, 1.82) is 0 Å². The van der Waals surface area contributed by atoms with Crippen LogP contribution in [-0.4, -0.2) is 47.9 Å². The Balaban J connectivity index is 1.46. The quantitative estimate of drug-likeness (QED) is 0.246. The van der Waals surface area contributed by atoms with Crippen LogP contribution in [0.15, 0.2) is 66.7 Å². The normalized spacial score (nSPS) is 15.9. The van der Waals surface area contributed by atoms with E-state index in [0.29, 0.717) is 22.9 Å². The summed E-state index contributed by atoms with van der Waals surface area (Å²) in [5, 5.41) is 9.77. The summed E-state index contributed by atoms with van der Waals surface area (Å²) in [6.45, 7) is 0.0462. The average Bonchev–Trinajstić information content (AvgIpc) is 3.29. The highest BCUT2D eigenvalue weighted by Crippen LogP contribution is 2.38. The topological polar surface area (TPSA) is 66.1 Å². The molecule has 38 heavy (non-hydrogen) atoms. The first-order valence-electron chi connectivity index (χ1n) is 12.0. The van der Waals surface area contributed by atoms with Crippen LogP contribution in [0.5, 0.6) is 0 Å². The minimum absolute atomic E-state index is 0.0231. The van der Waals surface area contributed by atoms with Gasteiger partial charge in [-0.2, -0.15) is 18.3 Å². The van der Waals surface area contributed by atoms with E-state index < -0.39 is 22.0 Å². The van der Waals surface area contributed by atoms with Gasteiger partial charge in [-0.15, -0.1) is 0 Å². The maximum atomic E-state index is 12.7. The molecule has 0 spiro atoms. The first-order valence-corrected chi connectivity index (χ1v) is 14.4. The van der Waals surface area contributed by atoms with Gasteiger partial charge >= 0.3 is 6.18 Å². The summed E-state index contributed by atoms with van der Waals surface area (Å²) in [4.78, 5) is 0. The van der Waals surface area contributed by atoms with Gasteiger partial charge in [-0.25, -0.2) is 12.7 Å². The molecular weight excluding hydrogens is 558 g/mol. The summed E-state index contributed by atoms with van der Waals surface area (Å²) in [6.07, 6.45) is -3.99. The van der Waals surface area contributed by atoms with Crippen molar-refractivity contribution in [3.05, 3.63) is 99.2 Å². The zero-order valence-corrected chi connectivity index (χ0v) is 22.4. The highest BCUT2D eigenvalue weighted by atomic mass is 35.5. The monoisotopic (exact) mass is 581 g/mol. The molecule has 1 aliphatic heterocycles. The Hall–Kier alpha value is -2.59. The van der Waals surface area contributed by atoms with E-state index in [-0.39, 0.29) is 24.9 Å². The molecule has 2 heterocycles. The lowest BCUT2D eigenvalue weighted by Gasteiger charge is -2.30. The van der Waals surface area contributed by atoms with Crippen molar-refractivity contribution in [3.63, 3.8) is 0 Å². The second-order valence-electron chi connectivity index (χ2n) is 9.49. The SMILES string of the molecule is O=S(=O)(CC(F)(F)F)N1CCC(c2n[nH]c3ccc(C(c4ccc(Cl)cc4)c4ccc(Cl)cc4)cc23)CC1. The van der Waals surface area contributed by atoms with Crippen molar-refractivity contribution in [2.75, 3.05) is 18.8 Å². The molecule has 4 aromatic rings. The van der Waals surface area contributed by atoms with Gasteiger partial charge in [-0.05, 0) is 65.9 Å². The molecule has 1 fully saturated rings. The van der Waals surface area contributed by atoms with Crippen LogP contribution in [0.2, 0.25) is 10.0 Å². The smallest absolute Gasteiger partial charge is 0.278 e. The maximum absolute atomic E-state index is 12.7. The van der Waals surface area contributed by atoms with Crippen LogP contribution in [-0.2, 0) is 10.0 Å². The average molecular weight is 582 g/mol. The number of halogens is 5. The molecule has 0 saturated carbocycles. The molecule has 11 heteroatoms. The molecule has 1 saturated heterocycles. The Morgan fingerprint density at radius 2 is 1.42 bits per heavy atom. The lowest BCUT2D eigenvalue weighted by atomic mass is 9.84. The van der Waals surface area contributed by atoms with Crippen molar-refractivity contribution < 1.29 is 21.6 Å². The van der Waals surface area contributed by atoms with Crippen LogP contribution in [0.25, 0.3) is 10.9 Å². The van der Waals surface area contributed by atoms with E-state index in [1.807, 2.05) is 60.7 Å². The number of hydrogen-bond acceptors (Lipinski definition) is 3. The second kappa shape index (κ2) is 10.5. The number of nitrogens with one attached hydrogen (secondary N) is 1. The lowest BCUT2D eigenvalue weighted by Crippen LogP contribution is -2.42. The van der Waals surface area contributed by atoms with E-state index in [0.717, 1.165) is 37.6 Å². The molecule has 0 radical (unpaired) electrons. The molecule has 200 valence electrons. The first-order chi connectivity index (χ1) is 18.0. The zero-order valence-electron chi connectivity index (χ0n) is 20.1. The third kappa shape index (κ3) is 5.86. The van der Waals surface area contributed by atoms with Gasteiger partial charge < -0.3 is 0 Å². The molecule has 1 aliphatic rings. The number of aromatic nitrogens is 2. The fourth-order valence-corrected chi connectivity index (χ4v) is 6.75. The molecule has 0 bridgehead atoms. The molecule has 3 aromatic carbocycles. The highest BCUT2D eigenvalue weighted by Gasteiger charge is 2.40. The number of hydrogen-bond donors (Lipinski definition) is 1. The predicted octanol–water partition coefficient (Wildman–Crippen LogP) is 7.12. The number of piperidine rings is 1. The molecule has 0 aliphatic carbocycles. The Kier molecular flexibility index (Phi) is 7.48. The second-order valence-corrected chi connectivity index (χ2v) is 12.3. The third-order valence-electron chi connectivity index (χ3n) is 6.94. The number of alkyl halides is 3. The number of H-pyrrole nitrogens is 1. The zero-order chi connectivity index (χ0) is 27.1. The van der Waals surface area contributed by atoms with Crippen LogP contribution in [0.4, 0.5) is 13.2 Å². The summed E-state index contributed by atoms with van der Waals surface area (Å²) in [7, 11) is -4.40. The van der Waals surface area contributed by atoms with Crippen molar-refractivity contribution in [3.8, 4) is 0 Å². The fraction of sp³-hybridized carbons (Fsp3) is 0.296. The van der Waals surface area contributed by atoms with Gasteiger partial charge in [-0.3, -0.25) is 5.10 Å². The number of rotatable bonds is 6. The van der Waals surface area contributed by atoms with Crippen LogP contribution in [0.1, 0.15) is 47.1 Å². The number of sulfonamides is 1. The number of nitrogens with zero attached hydrogens (tertiary/aromatic N) is 2. The van der Waals surface area contributed by atoms with Crippen molar-refractivity contribution in [2.45, 2.75) is 30.9 Å². The van der Waals surface area contributed by atoms with Gasteiger partial charge in [0.15, 0.2) is 5.75 Å². The van der Waals surface area contributed by atoms with E-state index in [1.165, 1.54) is 0 Å². The van der Waals surface area contributed by atoms with Crippen molar-refractivity contribution in [1.82, 2.24) is 14.5 Å². The Morgan fingerprint density at radius 3 is 1.95 bits per heavy atom. The number of aromatic amines is 1. The van der Waals surface area contributed by atoms with Crippen LogP contribution < -0.4 is 0 Å². The number of benzene rings is 3. The minimum atomic E-state index is -4.77. The van der Waals surface area contributed by atoms with Gasteiger partial charge in [0.1, 0.15) is 0 Å². The van der Waals surface area contributed by atoms with Gasteiger partial charge in [-0.1, -0.05) is 53.5 Å². The minimum Gasteiger partial charge on any atom is -0.278 e. The predicted molar refractivity (Wildman–Crippen MR) is 143 cm³/mol. The van der Waals surface area contributed by atoms with Crippen LogP contribution in [0, 0.1) is 0 Å². The van der Waals surface area contributed by atoms with E-state index >= 15 is 0 Å². The van der Waals surface area contributed by atoms with E-state index in [2.05, 4.69) is 16.3 Å². The highest BCUT2D eigenvalue weighted by molar-refractivity contribution is 7.89. The third-order valence-corrected chi connectivity index (χ3v) is 9.28. The molecule has 1 N–H and O–H groups in total. The summed E-state index contributed by atoms with van der Waals surface area (Å²) in [5.41, 5.74) is 4.74. The molecule has 1 aromatic heterocycles. The Bertz CT molecular complexity index is 1490. The Morgan fingerprint density at radius 1 is 0.895 bits per heavy atom. The van der Waals surface area contributed by atoms with E-state index in [4.69, 9.17) is 23.2 Å². The summed E-state index contributed by atoms with van der Waals surface area (Å²) < 4.78 is 63.6. The molecule has 0 atom stereocenters. The van der Waals surface area contributed by atoms with Crippen molar-refractivity contribution in [2.24, 2.45) is 0 Å². The van der Waals surface area contributed by atoms with Crippen LogP contribution >= 0.6 is 23.2 Å². The molecular formula is C27H24Cl2F3N3O2S. The van der Waals surface area contributed by atoms with Gasteiger partial charge in [0, 0.05) is 40.4 Å². The summed E-state index contributed by atoms with van der Waals surface area (Å²) in [5.74, 6) is -2.03. The summed E-state index contributed by atoms with van der Waals surface area (Å²) >= 11 is 12.3. The van der Waals surface area contributed by atoms with E-state index in [1.54, 1.807) is 0 Å². The van der Waals surface area contributed by atoms with Crippen LogP contribution in [0.3, 0.4) is 0 Å². The summed E-state index contributed by atoms with van der Waals surface area (Å²) in [6, 6.07) is 21.4. The van der Waals surface area contributed by atoms with Gasteiger partial charge in [0.2, 0.25) is 10.0 Å². The first kappa shape index (κ1) is 27.0. The standard InChI is InChI=1S/C27H24Cl2F3N3O2S/c28-21-6-1-17(2-7-21)25(18-3-8-22(29)9-4-18)20-5-10-24-23(15-20)26(34-33-24)19-11-13-35(14-12-19)38(36,37)16-27(30,31)32/h1-10,15,19,25H,11-14,16H2,(H,33,34). The van der Waals surface area contributed by atoms with Crippen molar-refractivity contribution >= 4 is 44.1 Å². The van der Waals surface area contributed by atoms with E-state index in [9.17, 15) is 21.6 Å². The molecule has 0 unspecified atom stereocenters. The fourth-order valence-electron chi connectivity index (χ4n) is 5.14. The molecule has 5 nitrogen and oxygen atoms in total.